The molecule has 46 heavy (non-hydrogen) atoms. The normalized spacial score (nSPS) is 12.0. The summed E-state index contributed by atoms with van der Waals surface area (Å²) in [6.45, 7) is 11.3. The molecule has 0 radical (unpaired) electrons. The molecule has 6 nitrogen and oxygen atoms in total. The van der Waals surface area contributed by atoms with Gasteiger partial charge in [0.1, 0.15) is 17.1 Å². The van der Waals surface area contributed by atoms with E-state index in [2.05, 4.69) is 0 Å². The van der Waals surface area contributed by atoms with Crippen molar-refractivity contribution >= 4 is 40.1 Å². The summed E-state index contributed by atoms with van der Waals surface area (Å²) in [5.74, 6) is -3.03. The Morgan fingerprint density at radius 3 is 2.17 bits per heavy atom. The summed E-state index contributed by atoms with van der Waals surface area (Å²) in [6.07, 6.45) is -3.40. The molecule has 0 saturated carbocycles. The van der Waals surface area contributed by atoms with Crippen molar-refractivity contribution in [2.24, 2.45) is 11.8 Å². The Hall–Kier alpha value is -3.53. The number of carbonyl (C=O) groups is 1. The predicted molar refractivity (Wildman–Crippen MR) is 174 cm³/mol. The fourth-order valence-corrected chi connectivity index (χ4v) is 5.69. The summed E-state index contributed by atoms with van der Waals surface area (Å²) in [7, 11) is 0. The van der Waals surface area contributed by atoms with E-state index in [1.807, 2.05) is 39.5 Å². The third kappa shape index (κ3) is 8.63. The van der Waals surface area contributed by atoms with Gasteiger partial charge < -0.3 is 13.9 Å². The van der Waals surface area contributed by atoms with Gasteiger partial charge in [-0.1, -0.05) is 76.4 Å². The third-order valence-corrected chi connectivity index (χ3v) is 7.55. The average molecular weight is 679 g/mol. The third-order valence-electron chi connectivity index (χ3n) is 7.00. The molecule has 3 aromatic carbocycles. The number of hydrogen-bond donors (Lipinski definition) is 0. The van der Waals surface area contributed by atoms with Crippen molar-refractivity contribution in [2.75, 3.05) is 13.1 Å². The van der Waals surface area contributed by atoms with Crippen LogP contribution >= 0.6 is 23.2 Å². The van der Waals surface area contributed by atoms with Gasteiger partial charge in [0.05, 0.1) is 21.5 Å². The van der Waals surface area contributed by atoms with Gasteiger partial charge in [0.15, 0.2) is 0 Å². The molecule has 0 unspecified atom stereocenters. The number of esters is 1. The molecule has 4 aromatic rings. The van der Waals surface area contributed by atoms with E-state index >= 15 is 0 Å². The molecule has 0 atom stereocenters. The van der Waals surface area contributed by atoms with Gasteiger partial charge in [0.2, 0.25) is 11.2 Å². The van der Waals surface area contributed by atoms with Crippen molar-refractivity contribution in [2.45, 2.75) is 60.2 Å². The Labute approximate surface area is 276 Å². The first-order valence-corrected chi connectivity index (χ1v) is 15.8. The molecule has 1 aromatic heterocycles. The van der Waals surface area contributed by atoms with Crippen LogP contribution in [0.15, 0.2) is 63.8 Å². The fraction of sp³-hybridized carbons (Fsp3) is 0.371. The van der Waals surface area contributed by atoms with Crippen LogP contribution in [0.4, 0.5) is 13.2 Å². The number of carbonyl (C=O) groups excluding carboxylic acids is 1. The molecule has 11 heteroatoms. The first kappa shape index (κ1) is 35.3. The molecule has 0 spiro atoms. The smallest absolute Gasteiger partial charge is 0.449 e. The Kier molecular flexibility index (Phi) is 11.5. The molecule has 0 aliphatic carbocycles. The first-order valence-electron chi connectivity index (χ1n) is 15.0. The van der Waals surface area contributed by atoms with E-state index in [4.69, 9.17) is 37.1 Å². The van der Waals surface area contributed by atoms with Crippen LogP contribution in [-0.2, 0) is 19.1 Å². The number of benzene rings is 3. The van der Waals surface area contributed by atoms with Crippen LogP contribution in [0.1, 0.15) is 68.3 Å². The summed E-state index contributed by atoms with van der Waals surface area (Å²) < 4.78 is 60.5. The maximum absolute atomic E-state index is 14.5. The van der Waals surface area contributed by atoms with Gasteiger partial charge in [-0.05, 0) is 66.3 Å². The topological polar surface area (TPSA) is 69.0 Å². The first-order chi connectivity index (χ1) is 21.7. The second-order valence-electron chi connectivity index (χ2n) is 12.0. The highest BCUT2D eigenvalue weighted by Crippen LogP contribution is 2.40. The molecular weight excluding hydrogens is 642 g/mol. The number of aryl methyl sites for hydroxylation is 1. The summed E-state index contributed by atoms with van der Waals surface area (Å²) in [4.78, 5) is 29.0. The molecule has 1 heterocycles. The van der Waals surface area contributed by atoms with Crippen molar-refractivity contribution in [1.29, 1.82) is 0 Å². The van der Waals surface area contributed by atoms with Gasteiger partial charge in [0.25, 0.3) is 5.76 Å². The van der Waals surface area contributed by atoms with Gasteiger partial charge in [-0.25, -0.2) is 4.79 Å². The zero-order valence-corrected chi connectivity index (χ0v) is 27.8. The zero-order chi connectivity index (χ0) is 33.8. The van der Waals surface area contributed by atoms with Crippen LogP contribution in [0.25, 0.3) is 11.0 Å². The predicted octanol–water partition coefficient (Wildman–Crippen LogP) is 10.2. The molecule has 0 saturated heterocycles. The molecular formula is C35H36Cl2F3NO5. The summed E-state index contributed by atoms with van der Waals surface area (Å²) in [5, 5.41) is 0.192. The molecule has 246 valence electrons. The lowest BCUT2D eigenvalue weighted by Gasteiger charge is -2.27. The number of nitrogens with zero attached hydrogens (tertiary/aromatic N) is 1. The van der Waals surface area contributed by atoms with E-state index < -0.39 is 29.1 Å². The average Bonchev–Trinajstić information content (AvgIpc) is 2.95. The van der Waals surface area contributed by atoms with Crippen LogP contribution in [0, 0.1) is 11.8 Å². The van der Waals surface area contributed by atoms with Crippen molar-refractivity contribution in [3.8, 4) is 17.2 Å². The van der Waals surface area contributed by atoms with Gasteiger partial charge in [-0.3, -0.25) is 9.69 Å². The van der Waals surface area contributed by atoms with Gasteiger partial charge in [-0.15, -0.1) is 0 Å². The Morgan fingerprint density at radius 2 is 1.61 bits per heavy atom. The van der Waals surface area contributed by atoms with Crippen LogP contribution in [-0.4, -0.2) is 24.0 Å². The van der Waals surface area contributed by atoms with E-state index in [9.17, 15) is 22.8 Å². The number of halogens is 5. The Balaban J connectivity index is 1.91. The minimum atomic E-state index is -5.08. The fourth-order valence-electron chi connectivity index (χ4n) is 5.20. The molecule has 4 rings (SSSR count). The molecule has 0 amide bonds. The van der Waals surface area contributed by atoms with Gasteiger partial charge in [-0.2, -0.15) is 13.2 Å². The number of ether oxygens (including phenoxy) is 2. The van der Waals surface area contributed by atoms with Crippen LogP contribution in [0.5, 0.6) is 17.2 Å². The Morgan fingerprint density at radius 1 is 0.957 bits per heavy atom. The SMILES string of the molecule is CCCc1ccc(Oc2c(C(F)(F)F)oc3c(CN(CC(C)C)CC(C)C)c(OC(=O)c4ccc(Cl)cc4Cl)ccc3c2=O)cc1. The molecule has 0 N–H and O–H groups in total. The second-order valence-corrected chi connectivity index (χ2v) is 12.8. The van der Waals surface area contributed by atoms with Crippen LogP contribution in [0.2, 0.25) is 10.0 Å². The highest BCUT2D eigenvalue weighted by atomic mass is 35.5. The van der Waals surface area contributed by atoms with Crippen molar-refractivity contribution in [3.63, 3.8) is 0 Å². The minimum absolute atomic E-state index is 0.00414. The second kappa shape index (κ2) is 14.9. The standard InChI is InChI=1S/C35H36Cl2F3NO5/c1-6-7-22-8-11-24(12-9-22)44-32-30(42)26-14-15-29(45-34(43)25-13-10-23(36)16-28(25)37)27(31(26)46-33(32)35(38,39)40)19-41(17-20(2)3)18-21(4)5/h8-16,20-21H,6-7,17-19H2,1-5H3. The molecule has 0 aliphatic rings. The van der Waals surface area contributed by atoms with Gasteiger partial charge in [0, 0.05) is 24.7 Å². The minimum Gasteiger partial charge on any atom is -0.449 e. The van der Waals surface area contributed by atoms with Crippen molar-refractivity contribution in [3.05, 3.63) is 97.3 Å². The molecule has 0 bridgehead atoms. The lowest BCUT2D eigenvalue weighted by atomic mass is 10.1. The molecule has 0 fully saturated rings. The van der Waals surface area contributed by atoms with E-state index in [0.717, 1.165) is 18.4 Å². The van der Waals surface area contributed by atoms with E-state index in [1.165, 1.54) is 42.5 Å². The van der Waals surface area contributed by atoms with Crippen LogP contribution < -0.4 is 14.9 Å². The molecule has 0 aliphatic heterocycles. The van der Waals surface area contributed by atoms with E-state index in [1.54, 1.807) is 12.1 Å². The van der Waals surface area contributed by atoms with Crippen LogP contribution in [0.3, 0.4) is 0 Å². The highest BCUT2D eigenvalue weighted by molar-refractivity contribution is 6.36. The number of hydrogen-bond acceptors (Lipinski definition) is 6. The van der Waals surface area contributed by atoms with Gasteiger partial charge >= 0.3 is 12.1 Å². The van der Waals surface area contributed by atoms with Crippen molar-refractivity contribution in [1.82, 2.24) is 4.90 Å². The maximum atomic E-state index is 14.5. The Bertz CT molecular complexity index is 1740. The summed E-state index contributed by atoms with van der Waals surface area (Å²) in [5.41, 5.74) is -0.270. The highest BCUT2D eigenvalue weighted by Gasteiger charge is 2.41. The lowest BCUT2D eigenvalue weighted by Crippen LogP contribution is -2.31. The number of fused-ring (bicyclic) bond motifs is 1. The lowest BCUT2D eigenvalue weighted by molar-refractivity contribution is -0.154. The van der Waals surface area contributed by atoms with E-state index in [-0.39, 0.29) is 57.0 Å². The number of rotatable bonds is 12. The largest absolute Gasteiger partial charge is 0.453 e. The van der Waals surface area contributed by atoms with E-state index in [0.29, 0.717) is 18.1 Å². The maximum Gasteiger partial charge on any atom is 0.453 e. The van der Waals surface area contributed by atoms with Crippen molar-refractivity contribution < 1.29 is 31.9 Å². The zero-order valence-electron chi connectivity index (χ0n) is 26.3. The number of alkyl halides is 3. The quantitative estimate of drug-likeness (QED) is 0.110. The summed E-state index contributed by atoms with van der Waals surface area (Å²) >= 11 is 12.2. The monoisotopic (exact) mass is 677 g/mol. The summed E-state index contributed by atoms with van der Waals surface area (Å²) in [6, 6.07) is 13.4.